The van der Waals surface area contributed by atoms with E-state index < -0.39 is 0 Å². The number of aryl methyl sites for hydroxylation is 1. The molecule has 1 heterocycles. The topological polar surface area (TPSA) is 68.0 Å². The van der Waals surface area contributed by atoms with Crippen LogP contribution in [-0.4, -0.2) is 17.3 Å². The van der Waals surface area contributed by atoms with Gasteiger partial charge in [0.15, 0.2) is 11.5 Å². The molecule has 0 fully saturated rings. The van der Waals surface area contributed by atoms with Crippen LogP contribution in [0.15, 0.2) is 30.5 Å². The van der Waals surface area contributed by atoms with Gasteiger partial charge in [-0.1, -0.05) is 0 Å². The molecule has 17 heavy (non-hydrogen) atoms. The zero-order valence-electron chi connectivity index (χ0n) is 9.60. The van der Waals surface area contributed by atoms with Crippen LogP contribution >= 0.6 is 0 Å². The lowest BCUT2D eigenvalue weighted by molar-refractivity contribution is 0.378. The monoisotopic (exact) mass is 230 g/mol. The quantitative estimate of drug-likeness (QED) is 0.812. The molecule has 0 amide bonds. The van der Waals surface area contributed by atoms with Crippen LogP contribution in [0.4, 0.5) is 5.69 Å². The molecule has 0 aliphatic carbocycles. The lowest BCUT2D eigenvalue weighted by Gasteiger charge is -2.10. The SMILES string of the molecule is COc1cc([NH])ccc1Oc1cnnc(C)c1. The third-order valence-corrected chi connectivity index (χ3v) is 2.14. The first kappa shape index (κ1) is 11.2. The molecule has 1 aromatic carbocycles. The molecule has 1 aromatic heterocycles. The number of hydrogen-bond acceptors (Lipinski definition) is 4. The van der Waals surface area contributed by atoms with Gasteiger partial charge in [-0.2, -0.15) is 10.2 Å². The van der Waals surface area contributed by atoms with E-state index in [1.807, 2.05) is 6.92 Å². The van der Waals surface area contributed by atoms with Gasteiger partial charge in [0, 0.05) is 12.1 Å². The van der Waals surface area contributed by atoms with Crippen molar-refractivity contribution in [3.8, 4) is 17.2 Å². The van der Waals surface area contributed by atoms with Crippen LogP contribution in [-0.2, 0) is 0 Å². The second-order valence-electron chi connectivity index (χ2n) is 3.50. The molecule has 0 aliphatic heterocycles. The number of benzene rings is 1. The summed E-state index contributed by atoms with van der Waals surface area (Å²) in [6, 6.07) is 6.70. The zero-order chi connectivity index (χ0) is 12.3. The molecule has 0 saturated carbocycles. The van der Waals surface area contributed by atoms with Crippen molar-refractivity contribution in [1.82, 2.24) is 15.9 Å². The Balaban J connectivity index is 2.29. The Kier molecular flexibility index (Phi) is 3.09. The second-order valence-corrected chi connectivity index (χ2v) is 3.50. The lowest BCUT2D eigenvalue weighted by Crippen LogP contribution is -1.93. The number of rotatable bonds is 3. The lowest BCUT2D eigenvalue weighted by atomic mass is 10.3. The number of nitrogens with zero attached hydrogens (tertiary/aromatic N) is 2. The molecular weight excluding hydrogens is 218 g/mol. The normalized spacial score (nSPS) is 10.0. The highest BCUT2D eigenvalue weighted by Crippen LogP contribution is 2.33. The Morgan fingerprint density at radius 3 is 2.71 bits per heavy atom. The summed E-state index contributed by atoms with van der Waals surface area (Å²) >= 11 is 0. The third kappa shape index (κ3) is 2.63. The highest BCUT2D eigenvalue weighted by atomic mass is 16.5. The summed E-state index contributed by atoms with van der Waals surface area (Å²) in [4.78, 5) is 0. The Morgan fingerprint density at radius 1 is 1.18 bits per heavy atom. The van der Waals surface area contributed by atoms with Crippen molar-refractivity contribution in [3.63, 3.8) is 0 Å². The van der Waals surface area contributed by atoms with Crippen molar-refractivity contribution < 1.29 is 9.47 Å². The van der Waals surface area contributed by atoms with Crippen LogP contribution in [0.3, 0.4) is 0 Å². The number of hydrogen-bond donors (Lipinski definition) is 0. The Bertz CT molecular complexity index is 529. The summed E-state index contributed by atoms with van der Waals surface area (Å²) in [7, 11) is 1.54. The summed E-state index contributed by atoms with van der Waals surface area (Å²) in [5, 5.41) is 7.65. The van der Waals surface area contributed by atoms with E-state index in [9.17, 15) is 0 Å². The average Bonchev–Trinajstić information content (AvgIpc) is 2.31. The maximum absolute atomic E-state index is 7.49. The van der Waals surface area contributed by atoms with Gasteiger partial charge in [-0.05, 0) is 19.1 Å². The molecular formula is C12H12N3O2. The fourth-order valence-corrected chi connectivity index (χ4v) is 1.38. The Labute approximate surface area is 99.2 Å². The van der Waals surface area contributed by atoms with E-state index in [1.54, 1.807) is 24.3 Å². The third-order valence-electron chi connectivity index (χ3n) is 2.14. The smallest absolute Gasteiger partial charge is 0.169 e. The van der Waals surface area contributed by atoms with Crippen molar-refractivity contribution in [2.75, 3.05) is 7.11 Å². The van der Waals surface area contributed by atoms with Crippen molar-refractivity contribution in [3.05, 3.63) is 36.2 Å². The summed E-state index contributed by atoms with van der Waals surface area (Å²) in [6.45, 7) is 1.84. The average molecular weight is 230 g/mol. The Hall–Kier alpha value is -2.30. The molecule has 0 atom stereocenters. The first-order chi connectivity index (χ1) is 8.19. The largest absolute Gasteiger partial charge is 0.493 e. The van der Waals surface area contributed by atoms with Gasteiger partial charge < -0.3 is 15.2 Å². The first-order valence-electron chi connectivity index (χ1n) is 5.06. The van der Waals surface area contributed by atoms with Gasteiger partial charge in [0.25, 0.3) is 0 Å². The van der Waals surface area contributed by atoms with E-state index >= 15 is 0 Å². The van der Waals surface area contributed by atoms with Crippen molar-refractivity contribution in [2.45, 2.75) is 6.92 Å². The van der Waals surface area contributed by atoms with E-state index in [2.05, 4.69) is 10.2 Å². The van der Waals surface area contributed by atoms with Crippen LogP contribution in [0.1, 0.15) is 5.69 Å². The molecule has 0 spiro atoms. The highest BCUT2D eigenvalue weighted by Gasteiger charge is 2.06. The molecule has 0 aliphatic rings. The van der Waals surface area contributed by atoms with Gasteiger partial charge in [-0.25, -0.2) is 0 Å². The summed E-state index contributed by atoms with van der Waals surface area (Å²) in [5.41, 5.74) is 8.64. The molecule has 0 saturated heterocycles. The van der Waals surface area contributed by atoms with Gasteiger partial charge in [0.2, 0.25) is 0 Å². The molecule has 2 rings (SSSR count). The molecule has 5 heteroatoms. The molecule has 1 radical (unpaired) electrons. The number of methoxy groups -OCH3 is 1. The van der Waals surface area contributed by atoms with E-state index in [1.165, 1.54) is 13.3 Å². The minimum absolute atomic E-state index is 0.373. The highest BCUT2D eigenvalue weighted by molar-refractivity contribution is 5.51. The molecule has 0 unspecified atom stereocenters. The van der Waals surface area contributed by atoms with Crippen LogP contribution in [0.5, 0.6) is 17.2 Å². The van der Waals surface area contributed by atoms with Crippen LogP contribution in [0.2, 0.25) is 0 Å². The summed E-state index contributed by atoms with van der Waals surface area (Å²) in [5.74, 6) is 1.66. The number of nitrogens with one attached hydrogen (secondary N) is 1. The fraction of sp³-hybridized carbons (Fsp3) is 0.167. The van der Waals surface area contributed by atoms with Crippen molar-refractivity contribution >= 4 is 5.69 Å². The minimum Gasteiger partial charge on any atom is -0.493 e. The first-order valence-corrected chi connectivity index (χ1v) is 5.06. The summed E-state index contributed by atoms with van der Waals surface area (Å²) in [6.07, 6.45) is 1.53. The standard InChI is InChI=1S/C12H12N3O2/c1-8-5-10(7-14-15-8)17-11-4-3-9(13)6-12(11)16-2/h3-7,13H,1-2H3. The predicted octanol–water partition coefficient (Wildman–Crippen LogP) is 2.50. The summed E-state index contributed by atoms with van der Waals surface area (Å²) < 4.78 is 10.8. The van der Waals surface area contributed by atoms with Crippen molar-refractivity contribution in [2.24, 2.45) is 0 Å². The number of aromatic nitrogens is 2. The zero-order valence-corrected chi connectivity index (χ0v) is 9.60. The van der Waals surface area contributed by atoms with E-state index in [-0.39, 0.29) is 0 Å². The Morgan fingerprint density at radius 2 is 2.00 bits per heavy atom. The van der Waals surface area contributed by atoms with E-state index in [0.29, 0.717) is 22.9 Å². The van der Waals surface area contributed by atoms with Gasteiger partial charge in [0.05, 0.1) is 24.7 Å². The predicted molar refractivity (Wildman–Crippen MR) is 62.6 cm³/mol. The van der Waals surface area contributed by atoms with Gasteiger partial charge in [-0.15, -0.1) is 0 Å². The molecule has 1 N–H and O–H groups in total. The van der Waals surface area contributed by atoms with E-state index in [4.69, 9.17) is 15.2 Å². The van der Waals surface area contributed by atoms with Crippen LogP contribution in [0, 0.1) is 6.92 Å². The molecule has 5 nitrogen and oxygen atoms in total. The van der Waals surface area contributed by atoms with Gasteiger partial charge >= 0.3 is 0 Å². The van der Waals surface area contributed by atoms with Crippen LogP contribution < -0.4 is 15.2 Å². The van der Waals surface area contributed by atoms with Crippen LogP contribution in [0.25, 0.3) is 0 Å². The van der Waals surface area contributed by atoms with E-state index in [0.717, 1.165) is 5.69 Å². The number of ether oxygens (including phenoxy) is 2. The molecule has 0 bridgehead atoms. The second kappa shape index (κ2) is 4.69. The minimum atomic E-state index is 0.373. The van der Waals surface area contributed by atoms with Gasteiger partial charge in [0.1, 0.15) is 5.75 Å². The van der Waals surface area contributed by atoms with Gasteiger partial charge in [-0.3, -0.25) is 0 Å². The molecule has 87 valence electrons. The van der Waals surface area contributed by atoms with Crippen molar-refractivity contribution in [1.29, 1.82) is 0 Å². The molecule has 2 aromatic rings. The maximum Gasteiger partial charge on any atom is 0.169 e. The fourth-order valence-electron chi connectivity index (χ4n) is 1.38. The maximum atomic E-state index is 7.49.